The minimum absolute atomic E-state index is 0.0776. The Morgan fingerprint density at radius 1 is 1.47 bits per heavy atom. The molecule has 0 unspecified atom stereocenters. The maximum absolute atomic E-state index is 12.0. The van der Waals surface area contributed by atoms with Crippen LogP contribution >= 0.6 is 15.9 Å². The van der Waals surface area contributed by atoms with E-state index in [0.29, 0.717) is 16.0 Å². The summed E-state index contributed by atoms with van der Waals surface area (Å²) in [6.07, 6.45) is 2.69. The highest BCUT2D eigenvalue weighted by Gasteiger charge is 2.17. The Hall–Kier alpha value is -1.96. The highest BCUT2D eigenvalue weighted by molar-refractivity contribution is 9.10. The minimum Gasteiger partial charge on any atom is -0.478 e. The van der Waals surface area contributed by atoms with Crippen LogP contribution in [0.15, 0.2) is 21.7 Å². The van der Waals surface area contributed by atoms with E-state index >= 15 is 0 Å². The van der Waals surface area contributed by atoms with E-state index in [0.717, 1.165) is 0 Å². The molecule has 0 aliphatic heterocycles. The van der Waals surface area contributed by atoms with Crippen molar-refractivity contribution in [2.24, 2.45) is 7.05 Å². The lowest BCUT2D eigenvalue weighted by Gasteiger charge is -2.10. The van der Waals surface area contributed by atoms with Crippen LogP contribution in [0.5, 0.6) is 0 Å². The van der Waals surface area contributed by atoms with Crippen molar-refractivity contribution in [3.05, 3.63) is 44.3 Å². The predicted molar refractivity (Wildman–Crippen MR) is 70.2 cm³/mol. The molecule has 100 valence electrons. The molecule has 0 aliphatic rings. The zero-order valence-electron chi connectivity index (χ0n) is 10.3. The second kappa shape index (κ2) is 4.96. The van der Waals surface area contributed by atoms with Crippen LogP contribution in [0.25, 0.3) is 0 Å². The molecule has 7 nitrogen and oxygen atoms in total. The van der Waals surface area contributed by atoms with E-state index in [-0.39, 0.29) is 17.7 Å². The third kappa shape index (κ3) is 2.43. The number of hydrogen-bond donors (Lipinski definition) is 1. The van der Waals surface area contributed by atoms with Crippen molar-refractivity contribution >= 4 is 21.9 Å². The lowest BCUT2D eigenvalue weighted by Crippen LogP contribution is -2.26. The van der Waals surface area contributed by atoms with Gasteiger partial charge in [-0.15, -0.1) is 0 Å². The molecule has 0 radical (unpaired) electrons. The summed E-state index contributed by atoms with van der Waals surface area (Å²) in [4.78, 5) is 27.2. The van der Waals surface area contributed by atoms with Gasteiger partial charge in [-0.3, -0.25) is 14.0 Å². The van der Waals surface area contributed by atoms with Gasteiger partial charge in [0.15, 0.2) is 0 Å². The van der Waals surface area contributed by atoms with Gasteiger partial charge in [0.25, 0.3) is 5.56 Å². The van der Waals surface area contributed by atoms with Crippen molar-refractivity contribution in [1.82, 2.24) is 19.3 Å². The molecular formula is C11H11BrN4O3. The molecule has 0 spiro atoms. The number of halogens is 1. The molecule has 2 aromatic rings. The fourth-order valence-corrected chi connectivity index (χ4v) is 2.03. The number of carbonyl (C=O) groups is 1. The Bertz CT molecular complexity index is 704. The van der Waals surface area contributed by atoms with Crippen molar-refractivity contribution in [2.45, 2.75) is 13.5 Å². The van der Waals surface area contributed by atoms with Crippen molar-refractivity contribution in [2.75, 3.05) is 0 Å². The molecule has 19 heavy (non-hydrogen) atoms. The Labute approximate surface area is 116 Å². The Kier molecular flexibility index (Phi) is 3.52. The molecular weight excluding hydrogens is 316 g/mol. The van der Waals surface area contributed by atoms with E-state index in [4.69, 9.17) is 5.11 Å². The molecule has 8 heteroatoms. The summed E-state index contributed by atoms with van der Waals surface area (Å²) in [6.45, 7) is 1.79. The number of carboxylic acid groups (broad SMARTS) is 1. The van der Waals surface area contributed by atoms with Gasteiger partial charge in [-0.25, -0.2) is 9.78 Å². The number of nitrogens with zero attached hydrogens (tertiary/aromatic N) is 4. The largest absolute Gasteiger partial charge is 0.478 e. The van der Waals surface area contributed by atoms with E-state index < -0.39 is 5.97 Å². The van der Waals surface area contributed by atoms with Crippen LogP contribution in [0.2, 0.25) is 0 Å². The molecule has 0 aliphatic carbocycles. The standard InChI is InChI=1S/C11H11BrN4O3/c1-6-13-4-8(12)10(17)16(6)5-9-7(11(18)19)3-14-15(9)2/h3-4H,5H2,1-2H3,(H,18,19). The highest BCUT2D eigenvalue weighted by atomic mass is 79.9. The first-order chi connectivity index (χ1) is 8.91. The number of hydrogen-bond acceptors (Lipinski definition) is 4. The quantitative estimate of drug-likeness (QED) is 0.900. The van der Waals surface area contributed by atoms with Crippen LogP contribution in [0, 0.1) is 6.92 Å². The first-order valence-corrected chi connectivity index (χ1v) is 6.17. The Morgan fingerprint density at radius 3 is 2.79 bits per heavy atom. The van der Waals surface area contributed by atoms with E-state index in [1.54, 1.807) is 14.0 Å². The third-order valence-electron chi connectivity index (χ3n) is 2.80. The normalized spacial score (nSPS) is 10.7. The average Bonchev–Trinajstić information content (AvgIpc) is 2.71. The lowest BCUT2D eigenvalue weighted by atomic mass is 10.2. The number of rotatable bonds is 3. The first-order valence-electron chi connectivity index (χ1n) is 5.38. The Morgan fingerprint density at radius 2 is 2.16 bits per heavy atom. The maximum atomic E-state index is 12.0. The fourth-order valence-electron chi connectivity index (χ4n) is 1.72. The van der Waals surface area contributed by atoms with Crippen molar-refractivity contribution in [3.63, 3.8) is 0 Å². The highest BCUT2D eigenvalue weighted by Crippen LogP contribution is 2.10. The number of aromatic carboxylic acids is 1. The van der Waals surface area contributed by atoms with Gasteiger partial charge in [-0.05, 0) is 22.9 Å². The zero-order valence-corrected chi connectivity index (χ0v) is 11.9. The lowest BCUT2D eigenvalue weighted by molar-refractivity contribution is 0.0695. The average molecular weight is 327 g/mol. The molecule has 1 N–H and O–H groups in total. The predicted octanol–water partition coefficient (Wildman–Crippen LogP) is 0.794. The third-order valence-corrected chi connectivity index (χ3v) is 3.35. The van der Waals surface area contributed by atoms with Crippen LogP contribution in [-0.4, -0.2) is 30.4 Å². The summed E-state index contributed by atoms with van der Waals surface area (Å²) in [5.41, 5.74) is 0.261. The number of aryl methyl sites for hydroxylation is 2. The van der Waals surface area contributed by atoms with Gasteiger partial charge in [0.05, 0.1) is 18.4 Å². The van der Waals surface area contributed by atoms with Crippen LogP contribution < -0.4 is 5.56 Å². The van der Waals surface area contributed by atoms with E-state index in [2.05, 4.69) is 26.0 Å². The summed E-state index contributed by atoms with van der Waals surface area (Å²) in [5, 5.41) is 13.0. The van der Waals surface area contributed by atoms with E-state index in [1.165, 1.54) is 21.6 Å². The van der Waals surface area contributed by atoms with E-state index in [1.807, 2.05) is 0 Å². The summed E-state index contributed by atoms with van der Waals surface area (Å²) >= 11 is 3.12. The SMILES string of the molecule is Cc1ncc(Br)c(=O)n1Cc1c(C(=O)O)cnn1C. The molecule has 0 saturated heterocycles. The molecule has 0 aromatic carbocycles. The molecule has 0 amide bonds. The molecule has 0 saturated carbocycles. The van der Waals surface area contributed by atoms with Gasteiger partial charge in [0.1, 0.15) is 15.9 Å². The number of aromatic nitrogens is 4. The molecule has 2 heterocycles. The monoisotopic (exact) mass is 326 g/mol. The molecule has 2 aromatic heterocycles. The maximum Gasteiger partial charge on any atom is 0.339 e. The summed E-state index contributed by atoms with van der Waals surface area (Å²) in [7, 11) is 1.63. The van der Waals surface area contributed by atoms with Crippen molar-refractivity contribution in [3.8, 4) is 0 Å². The van der Waals surface area contributed by atoms with Crippen LogP contribution in [0.4, 0.5) is 0 Å². The van der Waals surface area contributed by atoms with Gasteiger partial charge in [-0.1, -0.05) is 0 Å². The van der Waals surface area contributed by atoms with Crippen LogP contribution in [-0.2, 0) is 13.6 Å². The van der Waals surface area contributed by atoms with Gasteiger partial charge in [0.2, 0.25) is 0 Å². The molecule has 2 rings (SSSR count). The molecule has 0 fully saturated rings. The number of carboxylic acids is 1. The summed E-state index contributed by atoms with van der Waals surface area (Å²) in [5.74, 6) is -0.567. The minimum atomic E-state index is -1.07. The summed E-state index contributed by atoms with van der Waals surface area (Å²) in [6, 6.07) is 0. The topological polar surface area (TPSA) is 90.0 Å². The van der Waals surface area contributed by atoms with Gasteiger partial charge in [-0.2, -0.15) is 5.10 Å². The van der Waals surface area contributed by atoms with Gasteiger partial charge < -0.3 is 5.11 Å². The first kappa shape index (κ1) is 13.5. The fraction of sp³-hybridized carbons (Fsp3) is 0.273. The van der Waals surface area contributed by atoms with Crippen molar-refractivity contribution < 1.29 is 9.90 Å². The second-order valence-corrected chi connectivity index (χ2v) is 4.83. The second-order valence-electron chi connectivity index (χ2n) is 3.98. The summed E-state index contributed by atoms with van der Waals surface area (Å²) < 4.78 is 3.17. The molecule has 0 bridgehead atoms. The van der Waals surface area contributed by atoms with Gasteiger partial charge >= 0.3 is 5.97 Å². The van der Waals surface area contributed by atoms with Gasteiger partial charge in [0, 0.05) is 13.2 Å². The molecule has 0 atom stereocenters. The van der Waals surface area contributed by atoms with E-state index in [9.17, 15) is 9.59 Å². The van der Waals surface area contributed by atoms with Crippen LogP contribution in [0.1, 0.15) is 21.9 Å². The van der Waals surface area contributed by atoms with Crippen molar-refractivity contribution in [1.29, 1.82) is 0 Å². The smallest absolute Gasteiger partial charge is 0.339 e. The zero-order chi connectivity index (χ0) is 14.2. The van der Waals surface area contributed by atoms with Crippen LogP contribution in [0.3, 0.4) is 0 Å². The Balaban J connectivity index is 2.54.